The largest absolute Gasteiger partial charge is 0.398 e. The second-order valence-electron chi connectivity index (χ2n) is 7.01. The van der Waals surface area contributed by atoms with Crippen molar-refractivity contribution in [3.63, 3.8) is 0 Å². The standard InChI is InChI=1S/C20H26NP/c1-6-22-17-10-8-7-9-15(17)20(4,5)16-12-11-14(13(2)3)18(21)19(16)22/h7-13H,6,21H2,1-5H3. The maximum absolute atomic E-state index is 6.67. The summed E-state index contributed by atoms with van der Waals surface area (Å²) < 4.78 is 0. The van der Waals surface area contributed by atoms with Crippen LogP contribution in [0.1, 0.15) is 57.2 Å². The molecule has 1 aliphatic heterocycles. The molecule has 0 aromatic heterocycles. The third kappa shape index (κ3) is 2.10. The van der Waals surface area contributed by atoms with Gasteiger partial charge in [-0.1, -0.05) is 71.0 Å². The van der Waals surface area contributed by atoms with E-state index in [2.05, 4.69) is 71.0 Å². The van der Waals surface area contributed by atoms with Crippen LogP contribution < -0.4 is 16.3 Å². The van der Waals surface area contributed by atoms with E-state index in [0.29, 0.717) is 5.92 Å². The van der Waals surface area contributed by atoms with Gasteiger partial charge in [0.15, 0.2) is 0 Å². The van der Waals surface area contributed by atoms with Crippen LogP contribution in [0.15, 0.2) is 36.4 Å². The summed E-state index contributed by atoms with van der Waals surface area (Å²) in [5.41, 5.74) is 12.0. The first-order valence-electron chi connectivity index (χ1n) is 8.19. The Balaban J connectivity index is 2.35. The average molecular weight is 311 g/mol. The fourth-order valence-electron chi connectivity index (χ4n) is 3.75. The Bertz CT molecular complexity index is 716. The van der Waals surface area contributed by atoms with Crippen LogP contribution in [0, 0.1) is 0 Å². The van der Waals surface area contributed by atoms with Crippen molar-refractivity contribution in [3.05, 3.63) is 53.1 Å². The highest BCUT2D eigenvalue weighted by Gasteiger charge is 2.38. The number of nitrogens with two attached hydrogens (primary N) is 1. The van der Waals surface area contributed by atoms with E-state index >= 15 is 0 Å². The lowest BCUT2D eigenvalue weighted by Crippen LogP contribution is -2.39. The normalized spacial score (nSPS) is 18.9. The molecule has 0 bridgehead atoms. The van der Waals surface area contributed by atoms with Crippen LogP contribution in [0.5, 0.6) is 0 Å². The van der Waals surface area contributed by atoms with E-state index < -0.39 is 0 Å². The van der Waals surface area contributed by atoms with Crippen LogP contribution in [-0.2, 0) is 5.41 Å². The molecule has 2 aromatic carbocycles. The van der Waals surface area contributed by atoms with Gasteiger partial charge >= 0.3 is 0 Å². The second-order valence-corrected chi connectivity index (χ2v) is 9.42. The van der Waals surface area contributed by atoms with Gasteiger partial charge in [-0.05, 0) is 42.0 Å². The van der Waals surface area contributed by atoms with Gasteiger partial charge in [-0.2, -0.15) is 0 Å². The van der Waals surface area contributed by atoms with Gasteiger partial charge in [-0.3, -0.25) is 0 Å². The Morgan fingerprint density at radius 3 is 2.36 bits per heavy atom. The minimum Gasteiger partial charge on any atom is -0.398 e. The average Bonchev–Trinajstić information content (AvgIpc) is 2.48. The first kappa shape index (κ1) is 15.6. The van der Waals surface area contributed by atoms with Crippen LogP contribution >= 0.6 is 7.92 Å². The molecule has 2 aromatic rings. The fraction of sp³-hybridized carbons (Fsp3) is 0.400. The van der Waals surface area contributed by atoms with Crippen molar-refractivity contribution in [2.45, 2.75) is 46.0 Å². The van der Waals surface area contributed by atoms with Crippen molar-refractivity contribution < 1.29 is 0 Å². The Labute approximate surface area is 135 Å². The van der Waals surface area contributed by atoms with Gasteiger partial charge in [0.25, 0.3) is 0 Å². The fourth-order valence-corrected chi connectivity index (χ4v) is 6.63. The van der Waals surface area contributed by atoms with Gasteiger partial charge < -0.3 is 5.73 Å². The molecule has 2 heteroatoms. The minimum atomic E-state index is -0.346. The third-order valence-electron chi connectivity index (χ3n) is 5.00. The minimum absolute atomic E-state index is 0.0313. The quantitative estimate of drug-likeness (QED) is 0.642. The highest BCUT2D eigenvalue weighted by molar-refractivity contribution is 7.73. The van der Waals surface area contributed by atoms with E-state index in [1.165, 1.54) is 27.3 Å². The smallest absolute Gasteiger partial charge is 0.0433 e. The first-order valence-corrected chi connectivity index (χ1v) is 9.72. The van der Waals surface area contributed by atoms with Crippen LogP contribution in [0.3, 0.4) is 0 Å². The number of hydrogen-bond donors (Lipinski definition) is 1. The second kappa shape index (κ2) is 5.39. The summed E-state index contributed by atoms with van der Waals surface area (Å²) in [4.78, 5) is 0. The van der Waals surface area contributed by atoms with Crippen molar-refractivity contribution in [3.8, 4) is 0 Å². The molecule has 0 saturated carbocycles. The summed E-state index contributed by atoms with van der Waals surface area (Å²) in [6, 6.07) is 13.5. The number of hydrogen-bond acceptors (Lipinski definition) is 1. The van der Waals surface area contributed by atoms with E-state index in [1.807, 2.05) is 0 Å². The maximum Gasteiger partial charge on any atom is 0.0433 e. The Morgan fingerprint density at radius 1 is 1.05 bits per heavy atom. The molecule has 1 nitrogen and oxygen atoms in total. The summed E-state index contributed by atoms with van der Waals surface area (Å²) in [5, 5.41) is 2.96. The summed E-state index contributed by atoms with van der Waals surface area (Å²) in [7, 11) is -0.346. The van der Waals surface area contributed by atoms with E-state index in [9.17, 15) is 0 Å². The van der Waals surface area contributed by atoms with Crippen molar-refractivity contribution >= 4 is 24.2 Å². The van der Waals surface area contributed by atoms with E-state index in [-0.39, 0.29) is 13.3 Å². The summed E-state index contributed by atoms with van der Waals surface area (Å²) in [5.74, 6) is 0.472. The molecule has 0 amide bonds. The molecule has 1 heterocycles. The zero-order chi connectivity index (χ0) is 16.1. The van der Waals surface area contributed by atoms with Crippen LogP contribution in [0.25, 0.3) is 0 Å². The van der Waals surface area contributed by atoms with Crippen molar-refractivity contribution in [2.75, 3.05) is 11.9 Å². The molecule has 0 fully saturated rings. The van der Waals surface area contributed by atoms with Gasteiger partial charge in [0.05, 0.1) is 0 Å². The lowest BCUT2D eigenvalue weighted by atomic mass is 9.77. The Morgan fingerprint density at radius 2 is 1.73 bits per heavy atom. The Hall–Kier alpha value is -1.33. The zero-order valence-corrected chi connectivity index (χ0v) is 15.2. The van der Waals surface area contributed by atoms with Gasteiger partial charge in [-0.15, -0.1) is 0 Å². The SMILES string of the molecule is CCP1c2ccccc2C(C)(C)c2ccc(C(C)C)c(N)c21. The van der Waals surface area contributed by atoms with Crippen molar-refractivity contribution in [1.82, 2.24) is 0 Å². The molecule has 3 rings (SSSR count). The molecule has 1 aliphatic rings. The molecular formula is C20H26NP. The molecule has 1 unspecified atom stereocenters. The highest BCUT2D eigenvalue weighted by Crippen LogP contribution is 2.49. The van der Waals surface area contributed by atoms with Crippen molar-refractivity contribution in [1.29, 1.82) is 0 Å². The van der Waals surface area contributed by atoms with Crippen LogP contribution in [0.4, 0.5) is 5.69 Å². The van der Waals surface area contributed by atoms with Gasteiger partial charge in [-0.25, -0.2) is 0 Å². The summed E-state index contributed by atoms with van der Waals surface area (Å²) >= 11 is 0. The zero-order valence-electron chi connectivity index (χ0n) is 14.3. The molecule has 0 aliphatic carbocycles. The molecule has 1 atom stereocenters. The highest BCUT2D eigenvalue weighted by atomic mass is 31.1. The van der Waals surface area contributed by atoms with Crippen LogP contribution in [0.2, 0.25) is 0 Å². The number of benzene rings is 2. The predicted octanol–water partition coefficient (Wildman–Crippen LogP) is 4.48. The van der Waals surface area contributed by atoms with Gasteiger partial charge in [0.2, 0.25) is 0 Å². The predicted molar refractivity (Wildman–Crippen MR) is 100 cm³/mol. The lowest BCUT2D eigenvalue weighted by Gasteiger charge is -2.40. The molecule has 2 N–H and O–H groups in total. The number of fused-ring (bicyclic) bond motifs is 2. The molecule has 0 spiro atoms. The van der Waals surface area contributed by atoms with E-state index in [0.717, 1.165) is 11.8 Å². The topological polar surface area (TPSA) is 26.0 Å². The monoisotopic (exact) mass is 311 g/mol. The van der Waals surface area contributed by atoms with Crippen molar-refractivity contribution in [2.24, 2.45) is 0 Å². The number of anilines is 1. The van der Waals surface area contributed by atoms with E-state index in [1.54, 1.807) is 0 Å². The maximum atomic E-state index is 6.67. The summed E-state index contributed by atoms with van der Waals surface area (Å²) in [6.45, 7) is 11.4. The van der Waals surface area contributed by atoms with E-state index in [4.69, 9.17) is 5.73 Å². The lowest BCUT2D eigenvalue weighted by molar-refractivity contribution is 0.646. The number of nitrogen functional groups attached to an aromatic ring is 1. The molecule has 0 saturated heterocycles. The molecule has 22 heavy (non-hydrogen) atoms. The molecular weight excluding hydrogens is 285 g/mol. The molecule has 116 valence electrons. The first-order chi connectivity index (χ1) is 10.4. The van der Waals surface area contributed by atoms with Gasteiger partial charge in [0, 0.05) is 16.4 Å². The third-order valence-corrected chi connectivity index (χ3v) is 7.63. The Kier molecular flexibility index (Phi) is 3.81. The number of rotatable bonds is 2. The summed E-state index contributed by atoms with van der Waals surface area (Å²) in [6.07, 6.45) is 1.15. The molecule has 0 radical (unpaired) electrons. The van der Waals surface area contributed by atoms with Crippen LogP contribution in [-0.4, -0.2) is 6.16 Å². The van der Waals surface area contributed by atoms with Gasteiger partial charge in [0.1, 0.15) is 0 Å².